The average molecular weight is 235 g/mol. The molecule has 0 atom stereocenters. The molecule has 0 saturated heterocycles. The summed E-state index contributed by atoms with van der Waals surface area (Å²) in [5, 5.41) is 9.71. The first kappa shape index (κ1) is 9.35. The Balaban J connectivity index is 2.38. The van der Waals surface area contributed by atoms with Crippen molar-refractivity contribution in [2.45, 2.75) is 0 Å². The van der Waals surface area contributed by atoms with Crippen molar-refractivity contribution >= 4 is 38.4 Å². The van der Waals surface area contributed by atoms with Crippen LogP contribution in [0.1, 0.15) is 9.67 Å². The highest BCUT2D eigenvalue weighted by atomic mass is 32.1. The van der Waals surface area contributed by atoms with E-state index in [9.17, 15) is 9.18 Å². The fourth-order valence-corrected chi connectivity index (χ4v) is 2.74. The summed E-state index contributed by atoms with van der Waals surface area (Å²) in [4.78, 5) is 14.1. The van der Waals surface area contributed by atoms with Crippen molar-refractivity contribution in [3.05, 3.63) is 35.0 Å². The number of carbonyl (C=O) groups is 1. The van der Waals surface area contributed by atoms with Gasteiger partial charge in [-0.1, -0.05) is 0 Å². The Hall–Kier alpha value is -1.88. The smallest absolute Gasteiger partial charge is 0.345 e. The Kier molecular flexibility index (Phi) is 1.79. The second-order valence-corrected chi connectivity index (χ2v) is 4.53. The quantitative estimate of drug-likeness (QED) is 0.680. The van der Waals surface area contributed by atoms with Gasteiger partial charge in [0.2, 0.25) is 0 Å². The third kappa shape index (κ3) is 1.22. The number of fused-ring (bicyclic) bond motifs is 3. The molecule has 1 aromatic carbocycles. The highest BCUT2D eigenvalue weighted by Crippen LogP contribution is 2.32. The van der Waals surface area contributed by atoms with Crippen LogP contribution < -0.4 is 0 Å². The fraction of sp³-hybridized carbons (Fsp3) is 0. The Bertz CT molecular complexity index is 713. The normalized spacial score (nSPS) is 11.3. The average Bonchev–Trinajstić information content (AvgIpc) is 2.73. The molecular formula is C11H6FNO2S. The van der Waals surface area contributed by atoms with E-state index in [0.717, 1.165) is 15.6 Å². The van der Waals surface area contributed by atoms with Gasteiger partial charge in [0.15, 0.2) is 0 Å². The van der Waals surface area contributed by atoms with Crippen molar-refractivity contribution in [2.24, 2.45) is 0 Å². The van der Waals surface area contributed by atoms with E-state index in [2.05, 4.69) is 4.98 Å². The van der Waals surface area contributed by atoms with Gasteiger partial charge in [-0.25, -0.2) is 9.18 Å². The number of aromatic carboxylic acids is 1. The van der Waals surface area contributed by atoms with Crippen LogP contribution in [0.5, 0.6) is 0 Å². The maximum absolute atomic E-state index is 13.0. The minimum Gasteiger partial charge on any atom is -0.477 e. The van der Waals surface area contributed by atoms with Gasteiger partial charge in [-0.15, -0.1) is 11.3 Å². The van der Waals surface area contributed by atoms with Crippen molar-refractivity contribution < 1.29 is 14.3 Å². The van der Waals surface area contributed by atoms with Crippen molar-refractivity contribution in [1.82, 2.24) is 4.98 Å². The molecule has 0 aliphatic rings. The molecule has 2 N–H and O–H groups in total. The van der Waals surface area contributed by atoms with Crippen LogP contribution in [-0.4, -0.2) is 16.1 Å². The van der Waals surface area contributed by atoms with Crippen LogP contribution in [0.25, 0.3) is 21.1 Å². The summed E-state index contributed by atoms with van der Waals surface area (Å²) in [5.74, 6) is -1.25. The van der Waals surface area contributed by atoms with Crippen LogP contribution >= 0.6 is 11.3 Å². The topological polar surface area (TPSA) is 53.1 Å². The molecule has 2 heterocycles. The van der Waals surface area contributed by atoms with Crippen LogP contribution in [0, 0.1) is 5.82 Å². The summed E-state index contributed by atoms with van der Waals surface area (Å²) in [6.07, 6.45) is 0. The lowest BCUT2D eigenvalue weighted by Gasteiger charge is -1.90. The molecule has 3 aromatic rings. The first-order chi connectivity index (χ1) is 7.65. The molecule has 0 unspecified atom stereocenters. The Morgan fingerprint density at radius 3 is 2.88 bits per heavy atom. The van der Waals surface area contributed by atoms with Gasteiger partial charge in [-0.2, -0.15) is 0 Å². The van der Waals surface area contributed by atoms with Crippen molar-refractivity contribution in [3.63, 3.8) is 0 Å². The number of aromatic amines is 1. The number of nitrogens with one attached hydrogen (secondary N) is 1. The molecule has 5 heteroatoms. The lowest BCUT2D eigenvalue weighted by molar-refractivity contribution is 0.0702. The molecule has 3 rings (SSSR count). The first-order valence-electron chi connectivity index (χ1n) is 4.59. The minimum atomic E-state index is -0.940. The van der Waals surface area contributed by atoms with E-state index in [4.69, 9.17) is 5.11 Å². The highest BCUT2D eigenvalue weighted by molar-refractivity contribution is 7.21. The van der Waals surface area contributed by atoms with Crippen molar-refractivity contribution in [1.29, 1.82) is 0 Å². The van der Waals surface area contributed by atoms with Gasteiger partial charge in [0.25, 0.3) is 0 Å². The van der Waals surface area contributed by atoms with Gasteiger partial charge in [-0.05, 0) is 24.3 Å². The standard InChI is InChI=1S/C11H6FNO2S/c12-5-1-2-6-7(3-5)13-8-4-9(11(14)15)16-10(6)8/h1-4,13H,(H,14,15). The summed E-state index contributed by atoms with van der Waals surface area (Å²) in [6, 6.07) is 6.00. The Labute approximate surface area is 93.1 Å². The predicted molar refractivity (Wildman–Crippen MR) is 60.6 cm³/mol. The molecule has 16 heavy (non-hydrogen) atoms. The van der Waals surface area contributed by atoms with E-state index < -0.39 is 5.97 Å². The Morgan fingerprint density at radius 1 is 1.31 bits per heavy atom. The molecule has 0 fully saturated rings. The number of carboxylic acids is 1. The third-order valence-corrected chi connectivity index (χ3v) is 3.59. The SMILES string of the molecule is O=C(O)c1cc2[nH]c3cc(F)ccc3c2s1. The zero-order valence-electron chi connectivity index (χ0n) is 7.95. The summed E-state index contributed by atoms with van der Waals surface area (Å²) in [7, 11) is 0. The third-order valence-electron chi connectivity index (χ3n) is 2.44. The van der Waals surface area contributed by atoms with Gasteiger partial charge in [-0.3, -0.25) is 0 Å². The van der Waals surface area contributed by atoms with Gasteiger partial charge in [0, 0.05) is 5.39 Å². The number of carboxylic acid groups (broad SMARTS) is 1. The van der Waals surface area contributed by atoms with E-state index in [1.54, 1.807) is 12.1 Å². The van der Waals surface area contributed by atoms with E-state index >= 15 is 0 Å². The fourth-order valence-electron chi connectivity index (χ4n) is 1.75. The lowest BCUT2D eigenvalue weighted by Crippen LogP contribution is -1.89. The molecule has 0 bridgehead atoms. The maximum Gasteiger partial charge on any atom is 0.345 e. The molecular weight excluding hydrogens is 229 g/mol. The molecule has 0 saturated carbocycles. The largest absolute Gasteiger partial charge is 0.477 e. The number of H-pyrrole nitrogens is 1. The summed E-state index contributed by atoms with van der Waals surface area (Å²) in [6.45, 7) is 0. The van der Waals surface area contributed by atoms with Gasteiger partial charge in [0.1, 0.15) is 10.7 Å². The zero-order chi connectivity index (χ0) is 11.3. The van der Waals surface area contributed by atoms with E-state index in [1.165, 1.54) is 23.5 Å². The number of aromatic nitrogens is 1. The summed E-state index contributed by atoms with van der Waals surface area (Å²) in [5.41, 5.74) is 1.43. The number of thiophene rings is 1. The predicted octanol–water partition coefficient (Wildman–Crippen LogP) is 3.22. The van der Waals surface area contributed by atoms with Gasteiger partial charge < -0.3 is 10.1 Å². The number of halogens is 1. The number of hydrogen-bond donors (Lipinski definition) is 2. The van der Waals surface area contributed by atoms with Crippen LogP contribution in [0.2, 0.25) is 0 Å². The molecule has 0 amide bonds. The van der Waals surface area contributed by atoms with Crippen LogP contribution in [0.4, 0.5) is 4.39 Å². The van der Waals surface area contributed by atoms with Gasteiger partial charge >= 0.3 is 5.97 Å². The molecule has 0 radical (unpaired) electrons. The van der Waals surface area contributed by atoms with E-state index in [1.807, 2.05) is 0 Å². The van der Waals surface area contributed by atoms with Crippen LogP contribution in [-0.2, 0) is 0 Å². The molecule has 0 spiro atoms. The summed E-state index contributed by atoms with van der Waals surface area (Å²) >= 11 is 1.19. The highest BCUT2D eigenvalue weighted by Gasteiger charge is 2.12. The first-order valence-corrected chi connectivity index (χ1v) is 5.41. The maximum atomic E-state index is 13.0. The molecule has 3 nitrogen and oxygen atoms in total. The number of benzene rings is 1. The van der Waals surface area contributed by atoms with E-state index in [-0.39, 0.29) is 10.7 Å². The zero-order valence-corrected chi connectivity index (χ0v) is 8.77. The van der Waals surface area contributed by atoms with E-state index in [0.29, 0.717) is 5.52 Å². The minimum absolute atomic E-state index is 0.285. The Morgan fingerprint density at radius 2 is 2.12 bits per heavy atom. The van der Waals surface area contributed by atoms with Crippen LogP contribution in [0.3, 0.4) is 0 Å². The second kappa shape index (κ2) is 3.05. The van der Waals surface area contributed by atoms with Crippen molar-refractivity contribution in [2.75, 3.05) is 0 Å². The molecule has 80 valence electrons. The molecule has 0 aliphatic carbocycles. The molecule has 2 aromatic heterocycles. The lowest BCUT2D eigenvalue weighted by atomic mass is 10.2. The summed E-state index contributed by atoms with van der Waals surface area (Å²) < 4.78 is 13.8. The monoisotopic (exact) mass is 235 g/mol. The number of hydrogen-bond acceptors (Lipinski definition) is 2. The van der Waals surface area contributed by atoms with Crippen molar-refractivity contribution in [3.8, 4) is 0 Å². The molecule has 0 aliphatic heterocycles. The number of rotatable bonds is 1. The van der Waals surface area contributed by atoms with Gasteiger partial charge in [0.05, 0.1) is 15.7 Å². The second-order valence-electron chi connectivity index (χ2n) is 3.47. The van der Waals surface area contributed by atoms with Crippen LogP contribution in [0.15, 0.2) is 24.3 Å².